The number of carbonyl (C=O) groups excluding carboxylic acids is 1. The molecule has 0 radical (unpaired) electrons. The van der Waals surface area contributed by atoms with Crippen molar-refractivity contribution in [2.45, 2.75) is 25.3 Å². The number of rotatable bonds is 6. The Labute approximate surface area is 181 Å². The molecule has 0 bridgehead atoms. The largest absolute Gasteiger partial charge is 0.339 e. The van der Waals surface area contributed by atoms with Gasteiger partial charge in [-0.25, -0.2) is 0 Å². The summed E-state index contributed by atoms with van der Waals surface area (Å²) < 4.78 is 5.44. The molecule has 0 spiro atoms. The van der Waals surface area contributed by atoms with E-state index in [2.05, 4.69) is 53.2 Å². The van der Waals surface area contributed by atoms with Gasteiger partial charge in [-0.2, -0.15) is 4.98 Å². The highest BCUT2D eigenvalue weighted by Gasteiger charge is 2.22. The Hall–Kier alpha value is -2.64. The van der Waals surface area contributed by atoms with Crippen molar-refractivity contribution >= 4 is 17.7 Å². The summed E-state index contributed by atoms with van der Waals surface area (Å²) in [5.74, 6) is 1.90. The molecule has 30 heavy (non-hydrogen) atoms. The Morgan fingerprint density at radius 3 is 2.27 bits per heavy atom. The van der Waals surface area contributed by atoms with Crippen molar-refractivity contribution in [1.29, 1.82) is 0 Å². The van der Waals surface area contributed by atoms with E-state index in [4.69, 9.17) is 4.52 Å². The van der Waals surface area contributed by atoms with Gasteiger partial charge in [0.2, 0.25) is 17.6 Å². The van der Waals surface area contributed by atoms with Crippen molar-refractivity contribution in [3.8, 4) is 11.4 Å². The molecule has 1 amide bonds. The van der Waals surface area contributed by atoms with Crippen molar-refractivity contribution < 1.29 is 9.32 Å². The Kier molecular flexibility index (Phi) is 6.50. The smallest absolute Gasteiger partial charge is 0.241 e. The van der Waals surface area contributed by atoms with Crippen LogP contribution in [-0.4, -0.2) is 57.8 Å². The summed E-state index contributed by atoms with van der Waals surface area (Å²) in [6.45, 7) is 7.80. The average Bonchev–Trinajstić information content (AvgIpc) is 3.22. The third-order valence-corrected chi connectivity index (χ3v) is 6.24. The average molecular weight is 423 g/mol. The molecule has 0 saturated carbocycles. The van der Waals surface area contributed by atoms with Gasteiger partial charge >= 0.3 is 0 Å². The second kappa shape index (κ2) is 9.45. The number of nitrogens with zero attached hydrogens (tertiary/aromatic N) is 4. The quantitative estimate of drug-likeness (QED) is 0.563. The van der Waals surface area contributed by atoms with Gasteiger partial charge in [0, 0.05) is 36.6 Å². The second-order valence-corrected chi connectivity index (χ2v) is 8.69. The van der Waals surface area contributed by atoms with Gasteiger partial charge in [-0.05, 0) is 26.0 Å². The van der Waals surface area contributed by atoms with E-state index in [0.29, 0.717) is 24.0 Å². The van der Waals surface area contributed by atoms with Crippen LogP contribution in [0.25, 0.3) is 11.4 Å². The van der Waals surface area contributed by atoms with Gasteiger partial charge in [-0.3, -0.25) is 9.69 Å². The summed E-state index contributed by atoms with van der Waals surface area (Å²) in [6.07, 6.45) is 0. The third kappa shape index (κ3) is 5.29. The van der Waals surface area contributed by atoms with E-state index in [1.807, 2.05) is 29.2 Å². The van der Waals surface area contributed by atoms with Crippen LogP contribution in [0.1, 0.15) is 17.0 Å². The Balaban J connectivity index is 1.24. The predicted octanol–water partition coefficient (Wildman–Crippen LogP) is 3.79. The summed E-state index contributed by atoms with van der Waals surface area (Å²) in [6, 6.07) is 16.4. The van der Waals surface area contributed by atoms with E-state index in [1.165, 1.54) is 11.1 Å². The van der Waals surface area contributed by atoms with Crippen LogP contribution >= 0.6 is 11.8 Å². The van der Waals surface area contributed by atoms with Gasteiger partial charge in [-0.1, -0.05) is 52.7 Å². The van der Waals surface area contributed by atoms with Gasteiger partial charge in [0.25, 0.3) is 0 Å². The lowest BCUT2D eigenvalue weighted by Gasteiger charge is -2.33. The van der Waals surface area contributed by atoms with Gasteiger partial charge < -0.3 is 9.42 Å². The molecule has 0 atom stereocenters. The zero-order valence-corrected chi connectivity index (χ0v) is 18.2. The van der Waals surface area contributed by atoms with E-state index in [-0.39, 0.29) is 5.91 Å². The summed E-state index contributed by atoms with van der Waals surface area (Å²) in [7, 11) is 0. The Morgan fingerprint density at radius 2 is 1.60 bits per heavy atom. The lowest BCUT2D eigenvalue weighted by molar-refractivity contribution is -0.130. The highest BCUT2D eigenvalue weighted by molar-refractivity contribution is 8.00. The van der Waals surface area contributed by atoms with Crippen LogP contribution < -0.4 is 0 Å². The number of aromatic nitrogens is 2. The first-order valence-corrected chi connectivity index (χ1v) is 11.1. The summed E-state index contributed by atoms with van der Waals surface area (Å²) >= 11 is 1.60. The molecule has 0 N–H and O–H groups in total. The molecule has 156 valence electrons. The number of amides is 1. The van der Waals surface area contributed by atoms with Crippen molar-refractivity contribution in [2.75, 3.05) is 31.9 Å². The maximum absolute atomic E-state index is 12.5. The molecule has 1 saturated heterocycles. The minimum atomic E-state index is 0.194. The van der Waals surface area contributed by atoms with Crippen molar-refractivity contribution in [3.63, 3.8) is 0 Å². The molecule has 1 aliphatic rings. The minimum Gasteiger partial charge on any atom is -0.339 e. The van der Waals surface area contributed by atoms with E-state index >= 15 is 0 Å². The normalized spacial score (nSPS) is 14.8. The molecule has 0 unspecified atom stereocenters. The molecule has 0 aliphatic carbocycles. The Bertz CT molecular complexity index is 977. The highest BCUT2D eigenvalue weighted by Crippen LogP contribution is 2.20. The minimum absolute atomic E-state index is 0.194. The number of benzene rings is 2. The molecule has 7 heteroatoms. The van der Waals surface area contributed by atoms with Crippen LogP contribution in [0.5, 0.6) is 0 Å². The first-order valence-electron chi connectivity index (χ1n) is 10.2. The van der Waals surface area contributed by atoms with Crippen LogP contribution in [0.15, 0.2) is 57.9 Å². The van der Waals surface area contributed by atoms with Gasteiger partial charge in [0.1, 0.15) is 0 Å². The summed E-state index contributed by atoms with van der Waals surface area (Å²) in [5.41, 5.74) is 3.39. The fraction of sp³-hybridized carbons (Fsp3) is 0.348. The molecule has 6 nitrogen and oxygen atoms in total. The predicted molar refractivity (Wildman–Crippen MR) is 118 cm³/mol. The van der Waals surface area contributed by atoms with E-state index < -0.39 is 0 Å². The molecule has 4 rings (SSSR count). The second-order valence-electron chi connectivity index (χ2n) is 7.64. The molecule has 1 aliphatic heterocycles. The number of piperazine rings is 1. The van der Waals surface area contributed by atoms with Crippen molar-refractivity contribution in [3.05, 3.63) is 65.5 Å². The zero-order chi connectivity index (χ0) is 20.9. The van der Waals surface area contributed by atoms with Crippen molar-refractivity contribution in [2.24, 2.45) is 0 Å². The van der Waals surface area contributed by atoms with Crippen LogP contribution in [0.4, 0.5) is 0 Å². The summed E-state index contributed by atoms with van der Waals surface area (Å²) in [5, 5.41) is 4.10. The Morgan fingerprint density at radius 1 is 0.967 bits per heavy atom. The topological polar surface area (TPSA) is 62.5 Å². The zero-order valence-electron chi connectivity index (χ0n) is 17.4. The fourth-order valence-electron chi connectivity index (χ4n) is 3.36. The van der Waals surface area contributed by atoms with Crippen molar-refractivity contribution in [1.82, 2.24) is 19.9 Å². The standard InChI is InChI=1S/C23H26N4O2S/c1-17-3-7-19(8-4-17)23-24-21(29-25-23)15-26-11-13-27(14-12-26)22(28)16-30-20-9-5-18(2)6-10-20/h3-10H,11-16H2,1-2H3. The molecule has 2 heterocycles. The summed E-state index contributed by atoms with van der Waals surface area (Å²) in [4.78, 5) is 22.4. The first kappa shape index (κ1) is 20.6. The first-order chi connectivity index (χ1) is 14.6. The molecule has 2 aromatic carbocycles. The number of hydrogen-bond donors (Lipinski definition) is 0. The van der Waals surface area contributed by atoms with E-state index in [9.17, 15) is 4.79 Å². The van der Waals surface area contributed by atoms with E-state index in [1.54, 1.807) is 11.8 Å². The fourth-order valence-corrected chi connectivity index (χ4v) is 4.16. The lowest BCUT2D eigenvalue weighted by atomic mass is 10.1. The molecule has 1 fully saturated rings. The third-order valence-electron chi connectivity index (χ3n) is 5.25. The molecular weight excluding hydrogens is 396 g/mol. The molecule has 1 aromatic heterocycles. The number of carbonyl (C=O) groups is 1. The van der Waals surface area contributed by atoms with Gasteiger partial charge in [-0.15, -0.1) is 11.8 Å². The lowest BCUT2D eigenvalue weighted by Crippen LogP contribution is -2.48. The molecular formula is C23H26N4O2S. The monoisotopic (exact) mass is 422 g/mol. The van der Waals surface area contributed by atoms with Gasteiger partial charge in [0.15, 0.2) is 0 Å². The number of hydrogen-bond acceptors (Lipinski definition) is 6. The van der Waals surface area contributed by atoms with Gasteiger partial charge in [0.05, 0.1) is 12.3 Å². The highest BCUT2D eigenvalue weighted by atomic mass is 32.2. The van der Waals surface area contributed by atoms with Crippen LogP contribution in [-0.2, 0) is 11.3 Å². The number of aryl methyl sites for hydroxylation is 2. The van der Waals surface area contributed by atoms with Crippen LogP contribution in [0.2, 0.25) is 0 Å². The number of thioether (sulfide) groups is 1. The van der Waals surface area contributed by atoms with Crippen LogP contribution in [0.3, 0.4) is 0 Å². The van der Waals surface area contributed by atoms with E-state index in [0.717, 1.165) is 36.6 Å². The SMILES string of the molecule is Cc1ccc(SCC(=O)N2CCN(Cc3nc(-c4ccc(C)cc4)no3)CC2)cc1. The maximum atomic E-state index is 12.5. The maximum Gasteiger partial charge on any atom is 0.241 e. The molecule has 3 aromatic rings. The van der Waals surface area contributed by atoms with Crippen LogP contribution in [0, 0.1) is 13.8 Å².